The van der Waals surface area contributed by atoms with E-state index in [9.17, 15) is 5.11 Å². The minimum Gasteiger partial charge on any atom is -0.493 e. The fourth-order valence-electron chi connectivity index (χ4n) is 2.70. The molecule has 0 radical (unpaired) electrons. The third kappa shape index (κ3) is 4.65. The first kappa shape index (κ1) is 18.5. The Kier molecular flexibility index (Phi) is 6.06. The summed E-state index contributed by atoms with van der Waals surface area (Å²) >= 11 is 0. The Morgan fingerprint density at radius 1 is 1.22 bits per heavy atom. The number of hydrogen-bond donors (Lipinski definition) is 2. The zero-order valence-corrected chi connectivity index (χ0v) is 15.2. The Hall–Kier alpha value is -3.32. The van der Waals surface area contributed by atoms with Gasteiger partial charge in [0.25, 0.3) is 0 Å². The lowest BCUT2D eigenvalue weighted by Gasteiger charge is -2.16. The number of nitrogens with one attached hydrogen (secondary N) is 1. The third-order valence-corrected chi connectivity index (χ3v) is 4.10. The minimum atomic E-state index is -0.0782. The summed E-state index contributed by atoms with van der Waals surface area (Å²) in [4.78, 5) is 18.5. The van der Waals surface area contributed by atoms with Gasteiger partial charge in [0, 0.05) is 39.1 Å². The Morgan fingerprint density at radius 3 is 2.81 bits per heavy atom. The van der Waals surface area contributed by atoms with E-state index in [-0.39, 0.29) is 5.88 Å². The Labute approximate surface area is 158 Å². The molecule has 0 aliphatic carbocycles. The lowest BCUT2D eigenvalue weighted by molar-refractivity contribution is 0.442. The summed E-state index contributed by atoms with van der Waals surface area (Å²) in [7, 11) is 1.97. The van der Waals surface area contributed by atoms with Gasteiger partial charge in [-0.3, -0.25) is 9.98 Å². The van der Waals surface area contributed by atoms with Crippen LogP contribution in [-0.4, -0.2) is 51.8 Å². The van der Waals surface area contributed by atoms with Crippen LogP contribution in [0, 0.1) is 0 Å². The van der Waals surface area contributed by atoms with E-state index in [0.717, 1.165) is 19.6 Å². The molecule has 2 aromatic heterocycles. The summed E-state index contributed by atoms with van der Waals surface area (Å²) in [6, 6.07) is 11.9. The monoisotopic (exact) mass is 362 g/mol. The molecule has 0 bridgehead atoms. The van der Waals surface area contributed by atoms with Crippen LogP contribution < -0.4 is 5.32 Å². The maximum absolute atomic E-state index is 9.91. The van der Waals surface area contributed by atoms with Crippen molar-refractivity contribution in [1.82, 2.24) is 25.2 Å². The molecule has 0 unspecified atom stereocenters. The predicted molar refractivity (Wildman–Crippen MR) is 107 cm³/mol. The van der Waals surface area contributed by atoms with Crippen LogP contribution in [0.4, 0.5) is 0 Å². The zero-order chi connectivity index (χ0) is 19.1. The van der Waals surface area contributed by atoms with Crippen LogP contribution >= 0.6 is 0 Å². The van der Waals surface area contributed by atoms with Gasteiger partial charge >= 0.3 is 0 Å². The summed E-state index contributed by atoms with van der Waals surface area (Å²) in [6.45, 7) is 6.08. The zero-order valence-electron chi connectivity index (χ0n) is 15.2. The van der Waals surface area contributed by atoms with E-state index in [1.54, 1.807) is 12.3 Å². The topological polar surface area (TPSA) is 86.5 Å². The third-order valence-electron chi connectivity index (χ3n) is 4.10. The molecule has 3 aromatic rings. The van der Waals surface area contributed by atoms with Crippen LogP contribution in [0.3, 0.4) is 0 Å². The quantitative estimate of drug-likeness (QED) is 0.473. The number of hydrogen-bond acceptors (Lipinski definition) is 7. The van der Waals surface area contributed by atoms with E-state index in [4.69, 9.17) is 0 Å². The highest BCUT2D eigenvalue weighted by Gasteiger charge is 2.12. The van der Waals surface area contributed by atoms with Crippen molar-refractivity contribution in [3.63, 3.8) is 0 Å². The number of aliphatic imine (C=N–C) groups is 1. The van der Waals surface area contributed by atoms with E-state index in [2.05, 4.69) is 44.1 Å². The van der Waals surface area contributed by atoms with Crippen LogP contribution in [-0.2, 0) is 6.54 Å². The highest BCUT2D eigenvalue weighted by Crippen LogP contribution is 2.26. The Balaban J connectivity index is 1.67. The van der Waals surface area contributed by atoms with Gasteiger partial charge in [-0.15, -0.1) is 0 Å². The largest absolute Gasteiger partial charge is 0.493 e. The lowest BCUT2D eigenvalue weighted by atomic mass is 10.2. The summed E-state index contributed by atoms with van der Waals surface area (Å²) in [5.41, 5.74) is 2.94. The van der Waals surface area contributed by atoms with Crippen molar-refractivity contribution in [2.75, 3.05) is 20.1 Å². The fourth-order valence-corrected chi connectivity index (χ4v) is 2.70. The van der Waals surface area contributed by atoms with Gasteiger partial charge in [0.1, 0.15) is 23.2 Å². The van der Waals surface area contributed by atoms with E-state index >= 15 is 0 Å². The highest BCUT2D eigenvalue weighted by molar-refractivity contribution is 5.91. The number of rotatable bonds is 8. The first-order chi connectivity index (χ1) is 13.2. The molecule has 0 saturated carbocycles. The highest BCUT2D eigenvalue weighted by atomic mass is 16.3. The van der Waals surface area contributed by atoms with E-state index in [1.165, 1.54) is 11.9 Å². The van der Waals surface area contributed by atoms with Crippen LogP contribution in [0.15, 0.2) is 60.1 Å². The summed E-state index contributed by atoms with van der Waals surface area (Å²) in [5.74, 6) is -0.0782. The van der Waals surface area contributed by atoms with Gasteiger partial charge in [-0.25, -0.2) is 9.97 Å². The van der Waals surface area contributed by atoms with Gasteiger partial charge in [-0.1, -0.05) is 30.3 Å². The van der Waals surface area contributed by atoms with Gasteiger partial charge in [-0.05, 0) is 18.3 Å². The second kappa shape index (κ2) is 8.86. The van der Waals surface area contributed by atoms with Crippen molar-refractivity contribution in [2.45, 2.75) is 6.54 Å². The summed E-state index contributed by atoms with van der Waals surface area (Å²) in [6.07, 6.45) is 4.78. The van der Waals surface area contributed by atoms with Crippen LogP contribution in [0.1, 0.15) is 11.3 Å². The summed E-state index contributed by atoms with van der Waals surface area (Å²) < 4.78 is 0. The average Bonchev–Trinajstić information content (AvgIpc) is 2.70. The van der Waals surface area contributed by atoms with Crippen molar-refractivity contribution in [3.8, 4) is 5.88 Å². The molecule has 2 heterocycles. The second-order valence-electron chi connectivity index (χ2n) is 6.07. The molecule has 0 amide bonds. The molecule has 3 rings (SSSR count). The number of benzene rings is 1. The summed E-state index contributed by atoms with van der Waals surface area (Å²) in [5, 5.41) is 13.9. The van der Waals surface area contributed by atoms with E-state index in [1.807, 2.05) is 36.3 Å². The Bertz CT molecular complexity index is 942. The molecule has 2 N–H and O–H groups in total. The van der Waals surface area contributed by atoms with Crippen LogP contribution in [0.25, 0.3) is 16.6 Å². The maximum atomic E-state index is 9.91. The number of aromatic nitrogens is 3. The number of likely N-dealkylation sites (N-methyl/N-ethyl adjacent to an activating group) is 1. The maximum Gasteiger partial charge on any atom is 0.222 e. The first-order valence-corrected chi connectivity index (χ1v) is 8.61. The number of nitrogens with zero attached hydrogens (tertiary/aromatic N) is 5. The van der Waals surface area contributed by atoms with Gasteiger partial charge in [0.2, 0.25) is 5.88 Å². The van der Waals surface area contributed by atoms with Gasteiger partial charge < -0.3 is 15.3 Å². The molecule has 0 saturated heterocycles. The lowest BCUT2D eigenvalue weighted by Crippen LogP contribution is -2.26. The second-order valence-corrected chi connectivity index (χ2v) is 6.07. The van der Waals surface area contributed by atoms with Crippen molar-refractivity contribution in [1.29, 1.82) is 0 Å². The molecule has 0 atom stereocenters. The molecule has 0 fully saturated rings. The SMILES string of the molecule is C=N/C(=C\N(C)CCNCc1ccccc1)c1nccc2c(O)ncnc12. The minimum absolute atomic E-state index is 0.0782. The van der Waals surface area contributed by atoms with Crippen molar-refractivity contribution in [3.05, 3.63) is 66.4 Å². The molecular formula is C20H22N6O. The molecule has 138 valence electrons. The molecule has 27 heavy (non-hydrogen) atoms. The number of aromatic hydroxyl groups is 1. The van der Waals surface area contributed by atoms with E-state index < -0.39 is 0 Å². The average molecular weight is 362 g/mol. The molecule has 7 nitrogen and oxygen atoms in total. The standard InChI is InChI=1S/C20H22N6O/c1-21-17(19-18-16(8-9-23-19)20(27)25-14-24-18)13-26(2)11-10-22-12-15-6-4-3-5-7-15/h3-9,13-14,22H,1,10-12H2,2H3,(H,24,25,27)/b17-13-. The van der Waals surface area contributed by atoms with Crippen molar-refractivity contribution in [2.24, 2.45) is 4.99 Å². The number of fused-ring (bicyclic) bond motifs is 1. The fraction of sp³-hybridized carbons (Fsp3) is 0.200. The van der Waals surface area contributed by atoms with Gasteiger partial charge in [0.05, 0.1) is 5.39 Å². The first-order valence-electron chi connectivity index (χ1n) is 8.61. The van der Waals surface area contributed by atoms with Crippen LogP contribution in [0.5, 0.6) is 5.88 Å². The molecule has 0 aliphatic rings. The Morgan fingerprint density at radius 2 is 2.04 bits per heavy atom. The number of pyridine rings is 1. The van der Waals surface area contributed by atoms with Crippen molar-refractivity contribution >= 4 is 23.3 Å². The molecule has 1 aromatic carbocycles. The molecule has 7 heteroatoms. The normalized spacial score (nSPS) is 11.5. The smallest absolute Gasteiger partial charge is 0.222 e. The predicted octanol–water partition coefficient (Wildman–Crippen LogP) is 2.45. The van der Waals surface area contributed by atoms with Crippen LogP contribution in [0.2, 0.25) is 0 Å². The molecular weight excluding hydrogens is 340 g/mol. The van der Waals surface area contributed by atoms with Crippen molar-refractivity contribution < 1.29 is 5.11 Å². The van der Waals surface area contributed by atoms with Gasteiger partial charge in [0.15, 0.2) is 0 Å². The van der Waals surface area contributed by atoms with Gasteiger partial charge in [-0.2, -0.15) is 0 Å². The van der Waals surface area contributed by atoms with E-state index in [0.29, 0.717) is 22.3 Å². The molecule has 0 spiro atoms. The molecule has 0 aliphatic heterocycles.